The van der Waals surface area contributed by atoms with Crippen LogP contribution in [0.1, 0.15) is 39.1 Å². The number of halogens is 1. The Labute approximate surface area is 190 Å². The van der Waals surface area contributed by atoms with Crippen LogP contribution in [0.3, 0.4) is 0 Å². The average molecular weight is 446 g/mol. The third kappa shape index (κ3) is 4.92. The van der Waals surface area contributed by atoms with Crippen LogP contribution in [-0.4, -0.2) is 40.7 Å². The number of benzene rings is 3. The number of likely N-dealkylation sites (tertiary alicyclic amines) is 1. The van der Waals surface area contributed by atoms with Crippen molar-refractivity contribution < 1.29 is 23.9 Å². The fraction of sp³-hybridized carbons (Fsp3) is 0.192. The first-order valence-corrected chi connectivity index (χ1v) is 10.7. The molecular weight excluding hydrogens is 423 g/mol. The fourth-order valence-corrected chi connectivity index (χ4v) is 3.95. The fourth-order valence-electron chi connectivity index (χ4n) is 3.95. The van der Waals surface area contributed by atoms with Crippen molar-refractivity contribution in [2.45, 2.75) is 12.8 Å². The van der Waals surface area contributed by atoms with E-state index in [-0.39, 0.29) is 40.4 Å². The number of amides is 2. The number of carbonyl (C=O) groups is 3. The first kappa shape index (κ1) is 22.2. The second-order valence-corrected chi connectivity index (χ2v) is 7.95. The quantitative estimate of drug-likeness (QED) is 0.453. The van der Waals surface area contributed by atoms with E-state index in [4.69, 9.17) is 0 Å². The number of anilines is 1. The Hall–Kier alpha value is -4.00. The Morgan fingerprint density at radius 3 is 2.12 bits per heavy atom. The summed E-state index contributed by atoms with van der Waals surface area (Å²) in [6.07, 6.45) is 0.943. The highest BCUT2D eigenvalue weighted by Gasteiger charge is 2.30. The number of piperidine rings is 1. The second kappa shape index (κ2) is 9.65. The minimum atomic E-state index is -0.440. The lowest BCUT2D eigenvalue weighted by atomic mass is 9.93. The molecule has 0 aliphatic carbocycles. The Kier molecular flexibility index (Phi) is 6.49. The predicted octanol–water partition coefficient (Wildman–Crippen LogP) is 4.25. The highest BCUT2D eigenvalue weighted by molar-refractivity contribution is 6.15. The molecule has 0 radical (unpaired) electrons. The van der Waals surface area contributed by atoms with Crippen molar-refractivity contribution in [2.75, 3.05) is 18.4 Å². The molecule has 1 saturated heterocycles. The number of rotatable bonds is 5. The Morgan fingerprint density at radius 1 is 0.848 bits per heavy atom. The lowest BCUT2D eigenvalue weighted by molar-refractivity contribution is -0.121. The number of carbonyl (C=O) groups excluding carboxylic acids is 3. The molecule has 1 fully saturated rings. The minimum absolute atomic E-state index is 0.000826. The van der Waals surface area contributed by atoms with E-state index < -0.39 is 5.82 Å². The molecule has 33 heavy (non-hydrogen) atoms. The van der Waals surface area contributed by atoms with Crippen LogP contribution >= 0.6 is 0 Å². The third-order valence-electron chi connectivity index (χ3n) is 5.82. The molecule has 0 bridgehead atoms. The lowest BCUT2D eigenvalue weighted by Gasteiger charge is -2.31. The molecule has 7 heteroatoms. The molecule has 1 heterocycles. The molecule has 1 aliphatic heterocycles. The molecule has 3 aromatic rings. The van der Waals surface area contributed by atoms with Crippen LogP contribution < -0.4 is 5.32 Å². The van der Waals surface area contributed by atoms with Gasteiger partial charge in [-0.25, -0.2) is 4.39 Å². The topological polar surface area (TPSA) is 86.7 Å². The summed E-state index contributed by atoms with van der Waals surface area (Å²) >= 11 is 0. The molecule has 0 spiro atoms. The van der Waals surface area contributed by atoms with Gasteiger partial charge in [0.2, 0.25) is 5.91 Å². The zero-order valence-corrected chi connectivity index (χ0v) is 17.8. The Morgan fingerprint density at radius 2 is 1.45 bits per heavy atom. The van der Waals surface area contributed by atoms with Crippen molar-refractivity contribution in [3.63, 3.8) is 0 Å². The number of aromatic hydroxyl groups is 1. The van der Waals surface area contributed by atoms with Crippen molar-refractivity contribution in [3.05, 3.63) is 95.3 Å². The monoisotopic (exact) mass is 446 g/mol. The third-order valence-corrected chi connectivity index (χ3v) is 5.82. The van der Waals surface area contributed by atoms with Crippen molar-refractivity contribution in [3.8, 4) is 5.75 Å². The van der Waals surface area contributed by atoms with E-state index >= 15 is 0 Å². The van der Waals surface area contributed by atoms with E-state index in [1.807, 2.05) is 0 Å². The summed E-state index contributed by atoms with van der Waals surface area (Å²) in [4.78, 5) is 40.4. The molecule has 2 amide bonds. The van der Waals surface area contributed by atoms with E-state index in [0.29, 0.717) is 37.2 Å². The molecule has 2 N–H and O–H groups in total. The molecule has 3 aromatic carbocycles. The molecule has 1 aliphatic rings. The van der Waals surface area contributed by atoms with Crippen molar-refractivity contribution >= 4 is 23.3 Å². The van der Waals surface area contributed by atoms with E-state index in [1.54, 1.807) is 47.4 Å². The van der Waals surface area contributed by atoms with Gasteiger partial charge in [0.1, 0.15) is 11.6 Å². The maximum Gasteiger partial charge on any atom is 0.254 e. The van der Waals surface area contributed by atoms with Gasteiger partial charge in [-0.1, -0.05) is 30.3 Å². The normalized spacial score (nSPS) is 14.0. The molecule has 6 nitrogen and oxygen atoms in total. The summed E-state index contributed by atoms with van der Waals surface area (Å²) < 4.78 is 13.2. The molecular formula is C26H23FN2O4. The minimum Gasteiger partial charge on any atom is -0.506 e. The molecule has 0 atom stereocenters. The molecule has 4 rings (SSSR count). The number of phenols is 1. The number of nitrogens with one attached hydrogen (secondary N) is 1. The van der Waals surface area contributed by atoms with E-state index in [1.165, 1.54) is 30.3 Å². The summed E-state index contributed by atoms with van der Waals surface area (Å²) in [6, 6.07) is 18.3. The Balaban J connectivity index is 1.43. The van der Waals surface area contributed by atoms with Crippen LogP contribution in [0.2, 0.25) is 0 Å². The van der Waals surface area contributed by atoms with Gasteiger partial charge in [-0.2, -0.15) is 0 Å². The maximum absolute atomic E-state index is 13.2. The number of hydrogen-bond donors (Lipinski definition) is 2. The van der Waals surface area contributed by atoms with Gasteiger partial charge in [0.25, 0.3) is 5.91 Å². The summed E-state index contributed by atoms with van der Waals surface area (Å²) in [5.41, 5.74) is 1.20. The van der Waals surface area contributed by atoms with Crippen LogP contribution in [-0.2, 0) is 4.79 Å². The molecule has 168 valence electrons. The number of phenolic OH excluding ortho intramolecular Hbond substituents is 1. The van der Waals surface area contributed by atoms with Crippen molar-refractivity contribution in [1.29, 1.82) is 0 Å². The standard InChI is InChI=1S/C26H23FN2O4/c27-19-11-9-17(10-12-19)24(31)20-5-1-2-6-21(20)26(33)29-15-13-18(14-16-29)25(32)28-22-7-3-4-8-23(22)30/h1-12,18,30H,13-16H2,(H,28,32). The van der Waals surface area contributed by atoms with Gasteiger partial charge >= 0.3 is 0 Å². The largest absolute Gasteiger partial charge is 0.506 e. The first-order chi connectivity index (χ1) is 15.9. The van der Waals surface area contributed by atoms with Crippen LogP contribution in [0.15, 0.2) is 72.8 Å². The maximum atomic E-state index is 13.2. The van der Waals surface area contributed by atoms with Gasteiger partial charge in [-0.3, -0.25) is 14.4 Å². The highest BCUT2D eigenvalue weighted by Crippen LogP contribution is 2.26. The van der Waals surface area contributed by atoms with Crippen LogP contribution in [0, 0.1) is 11.7 Å². The van der Waals surface area contributed by atoms with E-state index in [9.17, 15) is 23.9 Å². The van der Waals surface area contributed by atoms with Gasteiger partial charge in [-0.05, 0) is 55.3 Å². The average Bonchev–Trinajstić information content (AvgIpc) is 2.85. The first-order valence-electron chi connectivity index (χ1n) is 10.7. The van der Waals surface area contributed by atoms with Crippen LogP contribution in [0.25, 0.3) is 0 Å². The predicted molar refractivity (Wildman–Crippen MR) is 122 cm³/mol. The molecule has 0 unspecified atom stereocenters. The highest BCUT2D eigenvalue weighted by atomic mass is 19.1. The van der Waals surface area contributed by atoms with Gasteiger partial charge in [-0.15, -0.1) is 0 Å². The zero-order valence-electron chi connectivity index (χ0n) is 17.8. The Bertz CT molecular complexity index is 1180. The number of hydrogen-bond acceptors (Lipinski definition) is 4. The summed E-state index contributed by atoms with van der Waals surface area (Å²) in [7, 11) is 0. The number of para-hydroxylation sites is 2. The molecule has 0 saturated carbocycles. The van der Waals surface area contributed by atoms with Gasteiger partial charge in [0.05, 0.1) is 11.3 Å². The number of ketones is 1. The van der Waals surface area contributed by atoms with E-state index in [0.717, 1.165) is 0 Å². The summed E-state index contributed by atoms with van der Waals surface area (Å²) in [6.45, 7) is 0.744. The second-order valence-electron chi connectivity index (χ2n) is 7.95. The van der Waals surface area contributed by atoms with E-state index in [2.05, 4.69) is 5.32 Å². The SMILES string of the molecule is O=C(c1ccc(F)cc1)c1ccccc1C(=O)N1CCC(C(=O)Nc2ccccc2O)CC1. The van der Waals surface area contributed by atoms with Gasteiger partial charge < -0.3 is 15.3 Å². The molecule has 0 aromatic heterocycles. The summed E-state index contributed by atoms with van der Waals surface area (Å²) in [5, 5.41) is 12.6. The number of nitrogens with zero attached hydrogens (tertiary/aromatic N) is 1. The lowest BCUT2D eigenvalue weighted by Crippen LogP contribution is -2.41. The van der Waals surface area contributed by atoms with Gasteiger partial charge in [0.15, 0.2) is 5.78 Å². The smallest absolute Gasteiger partial charge is 0.254 e. The van der Waals surface area contributed by atoms with Gasteiger partial charge in [0, 0.05) is 30.1 Å². The van der Waals surface area contributed by atoms with Crippen molar-refractivity contribution in [1.82, 2.24) is 4.90 Å². The summed E-state index contributed by atoms with van der Waals surface area (Å²) in [5.74, 6) is -1.55. The zero-order chi connectivity index (χ0) is 23.4. The van der Waals surface area contributed by atoms with Crippen LogP contribution in [0.4, 0.5) is 10.1 Å². The van der Waals surface area contributed by atoms with Crippen molar-refractivity contribution in [2.24, 2.45) is 5.92 Å². The van der Waals surface area contributed by atoms with Crippen LogP contribution in [0.5, 0.6) is 5.75 Å².